The molecule has 1 saturated heterocycles. The van der Waals surface area contributed by atoms with E-state index < -0.39 is 11.6 Å². The molecule has 27 heavy (non-hydrogen) atoms. The highest BCUT2D eigenvalue weighted by Crippen LogP contribution is 2.52. The third kappa shape index (κ3) is 3.61. The van der Waals surface area contributed by atoms with E-state index in [0.29, 0.717) is 13.0 Å². The molecule has 2 N–H and O–H groups in total. The van der Waals surface area contributed by atoms with Crippen LogP contribution in [0.3, 0.4) is 0 Å². The van der Waals surface area contributed by atoms with Crippen molar-refractivity contribution < 1.29 is 13.6 Å². The van der Waals surface area contributed by atoms with Crippen molar-refractivity contribution in [3.8, 4) is 11.1 Å². The molecule has 2 aromatic carbocycles. The van der Waals surface area contributed by atoms with Crippen LogP contribution in [0, 0.1) is 17.6 Å². The first-order valence-electron chi connectivity index (χ1n) is 9.64. The number of nitrogens with two attached hydrogens (primary N) is 1. The lowest BCUT2D eigenvalue weighted by Crippen LogP contribution is -2.34. The minimum Gasteiger partial charge on any atom is -0.342 e. The summed E-state index contributed by atoms with van der Waals surface area (Å²) >= 11 is 0. The summed E-state index contributed by atoms with van der Waals surface area (Å²) in [6, 6.07) is 11.2. The van der Waals surface area contributed by atoms with Crippen molar-refractivity contribution in [2.75, 3.05) is 13.1 Å². The fourth-order valence-corrected chi connectivity index (χ4v) is 4.19. The summed E-state index contributed by atoms with van der Waals surface area (Å²) in [5, 5.41) is 0. The monoisotopic (exact) mass is 370 g/mol. The van der Waals surface area contributed by atoms with Crippen LogP contribution in [-0.4, -0.2) is 29.9 Å². The van der Waals surface area contributed by atoms with Crippen molar-refractivity contribution in [2.24, 2.45) is 11.7 Å². The average Bonchev–Trinajstić information content (AvgIpc) is 3.46. The first-order valence-corrected chi connectivity index (χ1v) is 9.64. The van der Waals surface area contributed by atoms with Crippen LogP contribution in [0.4, 0.5) is 8.78 Å². The van der Waals surface area contributed by atoms with Gasteiger partial charge in [0.05, 0.1) is 0 Å². The molecule has 3 atom stereocenters. The lowest BCUT2D eigenvalue weighted by molar-refractivity contribution is -0.132. The largest absolute Gasteiger partial charge is 0.342 e. The minimum atomic E-state index is -0.450. The van der Waals surface area contributed by atoms with E-state index in [2.05, 4.69) is 0 Å². The highest BCUT2D eigenvalue weighted by atomic mass is 19.1. The molecule has 0 spiro atoms. The molecule has 3 unspecified atom stereocenters. The number of nitrogens with zero attached hydrogens (tertiary/aromatic N) is 1. The third-order valence-electron chi connectivity index (χ3n) is 5.78. The van der Waals surface area contributed by atoms with Crippen LogP contribution >= 0.6 is 0 Å². The first kappa shape index (κ1) is 18.1. The number of carbonyl (C=O) groups is 1. The van der Waals surface area contributed by atoms with Gasteiger partial charge in [-0.3, -0.25) is 4.79 Å². The zero-order chi connectivity index (χ0) is 19.0. The van der Waals surface area contributed by atoms with Gasteiger partial charge in [-0.05, 0) is 49.3 Å². The Morgan fingerprint density at radius 2 is 1.78 bits per heavy atom. The summed E-state index contributed by atoms with van der Waals surface area (Å²) < 4.78 is 28.9. The molecule has 2 aliphatic rings. The Hall–Kier alpha value is -2.27. The lowest BCUT2D eigenvalue weighted by Gasteiger charge is -2.21. The van der Waals surface area contributed by atoms with Crippen molar-refractivity contribution in [1.29, 1.82) is 0 Å². The maximum Gasteiger partial charge on any atom is 0.226 e. The van der Waals surface area contributed by atoms with Gasteiger partial charge in [-0.1, -0.05) is 30.3 Å². The molecule has 1 heterocycles. The molecule has 1 saturated carbocycles. The standard InChI is InChI=1S/C22H24F2N2O/c23-19-8-2-1-6-16(19)21-15(7-3-9-20(21)24)17-13-18(17)22(27)26-11-4-5-14(25)10-12-26/h1-3,6-9,14,17-18H,4-5,10-13,25H2. The second-order valence-corrected chi connectivity index (χ2v) is 7.65. The second kappa shape index (κ2) is 7.39. The van der Waals surface area contributed by atoms with Crippen LogP contribution in [0.5, 0.6) is 0 Å². The quantitative estimate of drug-likeness (QED) is 0.885. The fraction of sp³-hybridized carbons (Fsp3) is 0.409. The number of benzene rings is 2. The summed E-state index contributed by atoms with van der Waals surface area (Å²) in [7, 11) is 0. The zero-order valence-corrected chi connectivity index (χ0v) is 15.2. The molecular weight excluding hydrogens is 346 g/mol. The first-order chi connectivity index (χ1) is 13.1. The van der Waals surface area contributed by atoms with Gasteiger partial charge >= 0.3 is 0 Å². The van der Waals surface area contributed by atoms with Crippen molar-refractivity contribution >= 4 is 5.91 Å². The molecule has 2 aromatic rings. The fourth-order valence-electron chi connectivity index (χ4n) is 4.19. The van der Waals surface area contributed by atoms with Crippen molar-refractivity contribution in [1.82, 2.24) is 4.90 Å². The van der Waals surface area contributed by atoms with Crippen LogP contribution in [0.25, 0.3) is 11.1 Å². The normalized spacial score (nSPS) is 25.1. The summed E-state index contributed by atoms with van der Waals surface area (Å²) in [6.07, 6.45) is 3.37. The van der Waals surface area contributed by atoms with Gasteiger partial charge < -0.3 is 10.6 Å². The molecule has 0 aromatic heterocycles. The maximum absolute atomic E-state index is 14.6. The number of amides is 1. The molecule has 142 valence electrons. The Bertz CT molecular complexity index is 854. The van der Waals surface area contributed by atoms with Gasteiger partial charge in [-0.25, -0.2) is 8.78 Å². The molecular formula is C22H24F2N2O. The highest BCUT2D eigenvalue weighted by molar-refractivity contribution is 5.84. The topological polar surface area (TPSA) is 46.3 Å². The van der Waals surface area contributed by atoms with Crippen LogP contribution in [0.1, 0.15) is 37.2 Å². The Labute approximate surface area is 158 Å². The van der Waals surface area contributed by atoms with Crippen LogP contribution in [-0.2, 0) is 4.79 Å². The lowest BCUT2D eigenvalue weighted by atomic mass is 9.95. The predicted octanol–water partition coefficient (Wildman–Crippen LogP) is 4.08. The van der Waals surface area contributed by atoms with Crippen molar-refractivity contribution in [3.63, 3.8) is 0 Å². The van der Waals surface area contributed by atoms with Gasteiger partial charge in [0.25, 0.3) is 0 Å². The summed E-state index contributed by atoms with van der Waals surface area (Å²) in [5.74, 6) is -0.977. The molecule has 2 fully saturated rings. The van der Waals surface area contributed by atoms with E-state index in [1.54, 1.807) is 24.3 Å². The summed E-state index contributed by atoms with van der Waals surface area (Å²) in [6.45, 7) is 1.42. The molecule has 4 rings (SSSR count). The summed E-state index contributed by atoms with van der Waals surface area (Å²) in [4.78, 5) is 14.8. The average molecular weight is 370 g/mol. The number of hydrogen-bond donors (Lipinski definition) is 1. The SMILES string of the molecule is NC1CCCN(C(=O)C2CC2c2cccc(F)c2-c2ccccc2F)CC1. The van der Waals surface area contributed by atoms with Gasteiger partial charge in [0.1, 0.15) is 11.6 Å². The maximum atomic E-state index is 14.6. The van der Waals surface area contributed by atoms with E-state index in [-0.39, 0.29) is 34.9 Å². The van der Waals surface area contributed by atoms with E-state index in [1.165, 1.54) is 12.1 Å². The van der Waals surface area contributed by atoms with Gasteiger partial charge in [0.2, 0.25) is 5.91 Å². The minimum absolute atomic E-state index is 0.0558. The number of likely N-dealkylation sites (tertiary alicyclic amines) is 1. The van der Waals surface area contributed by atoms with Crippen molar-refractivity contribution in [3.05, 3.63) is 59.7 Å². The Balaban J connectivity index is 1.58. The number of rotatable bonds is 3. The van der Waals surface area contributed by atoms with Crippen molar-refractivity contribution in [2.45, 2.75) is 37.6 Å². The van der Waals surface area contributed by atoms with Crippen LogP contribution in [0.15, 0.2) is 42.5 Å². The van der Waals surface area contributed by atoms with Gasteiger partial charge in [0, 0.05) is 36.2 Å². The molecule has 1 aliphatic heterocycles. The molecule has 1 amide bonds. The smallest absolute Gasteiger partial charge is 0.226 e. The van der Waals surface area contributed by atoms with Gasteiger partial charge in [-0.2, -0.15) is 0 Å². The van der Waals surface area contributed by atoms with E-state index >= 15 is 0 Å². The number of halogens is 2. The van der Waals surface area contributed by atoms with E-state index in [4.69, 9.17) is 5.73 Å². The molecule has 0 bridgehead atoms. The van der Waals surface area contributed by atoms with E-state index in [1.807, 2.05) is 11.0 Å². The molecule has 3 nitrogen and oxygen atoms in total. The van der Waals surface area contributed by atoms with Gasteiger partial charge in [0.15, 0.2) is 0 Å². The Morgan fingerprint density at radius 3 is 2.59 bits per heavy atom. The highest BCUT2D eigenvalue weighted by Gasteiger charge is 2.47. The number of carbonyl (C=O) groups excluding carboxylic acids is 1. The van der Waals surface area contributed by atoms with Gasteiger partial charge in [-0.15, -0.1) is 0 Å². The Kier molecular flexibility index (Phi) is 4.96. The molecule has 5 heteroatoms. The van der Waals surface area contributed by atoms with Crippen LogP contribution in [0.2, 0.25) is 0 Å². The molecule has 1 aliphatic carbocycles. The predicted molar refractivity (Wildman–Crippen MR) is 101 cm³/mol. The zero-order valence-electron chi connectivity index (χ0n) is 15.2. The number of hydrogen-bond acceptors (Lipinski definition) is 2. The molecule has 0 radical (unpaired) electrons. The summed E-state index contributed by atoms with van der Waals surface area (Å²) in [5.41, 5.74) is 7.27. The van der Waals surface area contributed by atoms with E-state index in [9.17, 15) is 13.6 Å². The van der Waals surface area contributed by atoms with E-state index in [0.717, 1.165) is 31.4 Å². The third-order valence-corrected chi connectivity index (χ3v) is 5.78. The Morgan fingerprint density at radius 1 is 1.00 bits per heavy atom. The second-order valence-electron chi connectivity index (χ2n) is 7.65. The van der Waals surface area contributed by atoms with Crippen LogP contribution < -0.4 is 5.73 Å².